The van der Waals surface area contributed by atoms with Crippen LogP contribution in [0.3, 0.4) is 0 Å². The van der Waals surface area contributed by atoms with Crippen molar-refractivity contribution in [1.82, 2.24) is 4.98 Å². The fraction of sp³-hybridized carbons (Fsp3) is 0.214. The SMILES string of the molecule is COc1cccc(COc2ccc(Br)cc2CBr)n1. The minimum atomic E-state index is 0.416. The van der Waals surface area contributed by atoms with Gasteiger partial charge in [0.2, 0.25) is 5.88 Å². The lowest BCUT2D eigenvalue weighted by Gasteiger charge is -2.10. The van der Waals surface area contributed by atoms with Crippen LogP contribution in [0, 0.1) is 0 Å². The van der Waals surface area contributed by atoms with Crippen LogP contribution in [0.4, 0.5) is 0 Å². The van der Waals surface area contributed by atoms with Crippen LogP contribution in [-0.2, 0) is 11.9 Å². The van der Waals surface area contributed by atoms with Gasteiger partial charge in [0.1, 0.15) is 12.4 Å². The molecule has 5 heteroatoms. The highest BCUT2D eigenvalue weighted by Crippen LogP contribution is 2.26. The van der Waals surface area contributed by atoms with E-state index in [2.05, 4.69) is 36.8 Å². The van der Waals surface area contributed by atoms with E-state index in [4.69, 9.17) is 9.47 Å². The van der Waals surface area contributed by atoms with Gasteiger partial charge >= 0.3 is 0 Å². The number of aromatic nitrogens is 1. The van der Waals surface area contributed by atoms with Crippen LogP contribution in [0.25, 0.3) is 0 Å². The highest BCUT2D eigenvalue weighted by atomic mass is 79.9. The lowest BCUT2D eigenvalue weighted by molar-refractivity contribution is 0.296. The molecule has 1 aromatic heterocycles. The second kappa shape index (κ2) is 6.91. The molecule has 2 rings (SSSR count). The van der Waals surface area contributed by atoms with Crippen molar-refractivity contribution in [3.8, 4) is 11.6 Å². The Morgan fingerprint density at radius 2 is 2.05 bits per heavy atom. The van der Waals surface area contributed by atoms with E-state index in [9.17, 15) is 0 Å². The van der Waals surface area contributed by atoms with Crippen molar-refractivity contribution < 1.29 is 9.47 Å². The van der Waals surface area contributed by atoms with Gasteiger partial charge in [-0.3, -0.25) is 0 Å². The summed E-state index contributed by atoms with van der Waals surface area (Å²) in [6.45, 7) is 0.416. The summed E-state index contributed by atoms with van der Waals surface area (Å²) in [5.74, 6) is 1.45. The van der Waals surface area contributed by atoms with Crippen LogP contribution in [0.15, 0.2) is 40.9 Å². The highest BCUT2D eigenvalue weighted by molar-refractivity contribution is 9.10. The maximum Gasteiger partial charge on any atom is 0.213 e. The van der Waals surface area contributed by atoms with Crippen molar-refractivity contribution in [1.29, 1.82) is 0 Å². The number of halogens is 2. The van der Waals surface area contributed by atoms with Gasteiger partial charge in [-0.25, -0.2) is 4.98 Å². The number of ether oxygens (including phenoxy) is 2. The molecule has 0 saturated heterocycles. The molecule has 0 amide bonds. The molecule has 0 unspecified atom stereocenters. The Morgan fingerprint density at radius 1 is 1.21 bits per heavy atom. The quantitative estimate of drug-likeness (QED) is 0.716. The zero-order valence-electron chi connectivity index (χ0n) is 10.4. The fourth-order valence-electron chi connectivity index (χ4n) is 1.60. The lowest BCUT2D eigenvalue weighted by atomic mass is 10.2. The van der Waals surface area contributed by atoms with Crippen LogP contribution >= 0.6 is 31.9 Å². The Hall–Kier alpha value is -1.07. The summed E-state index contributed by atoms with van der Waals surface area (Å²) in [5, 5.41) is 0.743. The first-order valence-corrected chi connectivity index (χ1v) is 7.61. The van der Waals surface area contributed by atoms with Crippen LogP contribution in [0.1, 0.15) is 11.3 Å². The number of rotatable bonds is 5. The van der Waals surface area contributed by atoms with E-state index in [1.54, 1.807) is 7.11 Å². The first-order valence-electron chi connectivity index (χ1n) is 5.70. The van der Waals surface area contributed by atoms with Gasteiger partial charge < -0.3 is 9.47 Å². The Bertz CT molecular complexity index is 561. The third-order valence-electron chi connectivity index (χ3n) is 2.53. The summed E-state index contributed by atoms with van der Waals surface area (Å²) in [6.07, 6.45) is 0. The Labute approximate surface area is 129 Å². The first kappa shape index (κ1) is 14.3. The molecule has 1 aromatic carbocycles. The van der Waals surface area contributed by atoms with Crippen LogP contribution in [-0.4, -0.2) is 12.1 Å². The molecule has 0 spiro atoms. The maximum atomic E-state index is 5.80. The van der Waals surface area contributed by atoms with E-state index >= 15 is 0 Å². The second-order valence-corrected chi connectivity index (χ2v) is 5.32. The van der Waals surface area contributed by atoms with Crippen molar-refractivity contribution in [3.05, 3.63) is 52.1 Å². The number of methoxy groups -OCH3 is 1. The van der Waals surface area contributed by atoms with Crippen molar-refractivity contribution in [2.24, 2.45) is 0 Å². The van der Waals surface area contributed by atoms with E-state index in [0.29, 0.717) is 12.5 Å². The Balaban J connectivity index is 2.09. The lowest BCUT2D eigenvalue weighted by Crippen LogP contribution is -2.01. The molecule has 0 aliphatic heterocycles. The highest BCUT2D eigenvalue weighted by Gasteiger charge is 2.05. The number of nitrogens with zero attached hydrogens (tertiary/aromatic N) is 1. The molecule has 19 heavy (non-hydrogen) atoms. The summed E-state index contributed by atoms with van der Waals surface area (Å²) in [5.41, 5.74) is 1.93. The van der Waals surface area contributed by atoms with Gasteiger partial charge in [0.25, 0.3) is 0 Å². The summed E-state index contributed by atoms with van der Waals surface area (Å²) in [7, 11) is 1.60. The standard InChI is InChI=1S/C14H13Br2NO2/c1-18-14-4-2-3-12(17-14)9-19-13-6-5-11(16)7-10(13)8-15/h2-7H,8-9H2,1H3. The molecule has 1 heterocycles. The third-order valence-corrected chi connectivity index (χ3v) is 3.63. The third kappa shape index (κ3) is 3.94. The van der Waals surface area contributed by atoms with Crippen molar-refractivity contribution in [2.45, 2.75) is 11.9 Å². The van der Waals surface area contributed by atoms with E-state index in [0.717, 1.165) is 26.8 Å². The van der Waals surface area contributed by atoms with Gasteiger partial charge in [-0.1, -0.05) is 37.9 Å². The molecular weight excluding hydrogens is 374 g/mol. The van der Waals surface area contributed by atoms with E-state index in [1.807, 2.05) is 36.4 Å². The second-order valence-electron chi connectivity index (χ2n) is 3.85. The molecule has 0 aliphatic carbocycles. The molecule has 0 atom stereocenters. The molecule has 0 fully saturated rings. The maximum absolute atomic E-state index is 5.80. The largest absolute Gasteiger partial charge is 0.487 e. The first-order chi connectivity index (χ1) is 9.22. The van der Waals surface area contributed by atoms with Gasteiger partial charge in [-0.15, -0.1) is 0 Å². The molecule has 3 nitrogen and oxygen atoms in total. The van der Waals surface area contributed by atoms with Crippen LogP contribution < -0.4 is 9.47 Å². The summed E-state index contributed by atoms with van der Waals surface area (Å²) in [4.78, 5) is 4.31. The molecule has 2 aromatic rings. The van der Waals surface area contributed by atoms with E-state index in [-0.39, 0.29) is 0 Å². The number of alkyl halides is 1. The molecule has 0 N–H and O–H groups in total. The molecule has 0 bridgehead atoms. The van der Waals surface area contributed by atoms with Gasteiger partial charge in [0.15, 0.2) is 0 Å². The average Bonchev–Trinajstić information content (AvgIpc) is 2.46. The summed E-state index contributed by atoms with van der Waals surface area (Å²) in [6, 6.07) is 11.6. The fourth-order valence-corrected chi connectivity index (χ4v) is 2.44. The monoisotopic (exact) mass is 385 g/mol. The van der Waals surface area contributed by atoms with Gasteiger partial charge in [-0.05, 0) is 24.3 Å². The van der Waals surface area contributed by atoms with Gasteiger partial charge in [0.05, 0.1) is 12.8 Å². The van der Waals surface area contributed by atoms with Crippen molar-refractivity contribution in [3.63, 3.8) is 0 Å². The normalized spacial score (nSPS) is 10.3. The molecular formula is C14H13Br2NO2. The van der Waals surface area contributed by atoms with E-state index in [1.165, 1.54) is 0 Å². The molecule has 0 saturated carbocycles. The zero-order valence-corrected chi connectivity index (χ0v) is 13.6. The predicted octanol–water partition coefficient (Wildman–Crippen LogP) is 4.33. The van der Waals surface area contributed by atoms with Gasteiger partial charge in [-0.2, -0.15) is 0 Å². The van der Waals surface area contributed by atoms with Crippen molar-refractivity contribution >= 4 is 31.9 Å². The number of pyridine rings is 1. The van der Waals surface area contributed by atoms with Crippen LogP contribution in [0.2, 0.25) is 0 Å². The van der Waals surface area contributed by atoms with Crippen molar-refractivity contribution in [2.75, 3.05) is 7.11 Å². The number of hydrogen-bond donors (Lipinski definition) is 0. The minimum Gasteiger partial charge on any atom is -0.487 e. The Morgan fingerprint density at radius 3 is 2.79 bits per heavy atom. The minimum absolute atomic E-state index is 0.416. The smallest absolute Gasteiger partial charge is 0.213 e. The molecule has 0 radical (unpaired) electrons. The number of hydrogen-bond acceptors (Lipinski definition) is 3. The van der Waals surface area contributed by atoms with E-state index < -0.39 is 0 Å². The van der Waals surface area contributed by atoms with Crippen LogP contribution in [0.5, 0.6) is 11.6 Å². The topological polar surface area (TPSA) is 31.4 Å². The zero-order chi connectivity index (χ0) is 13.7. The average molecular weight is 387 g/mol. The number of benzene rings is 1. The predicted molar refractivity (Wildman–Crippen MR) is 81.9 cm³/mol. The summed E-state index contributed by atoms with van der Waals surface area (Å²) >= 11 is 6.90. The molecule has 100 valence electrons. The molecule has 0 aliphatic rings. The Kier molecular flexibility index (Phi) is 5.22. The summed E-state index contributed by atoms with van der Waals surface area (Å²) < 4.78 is 11.9. The van der Waals surface area contributed by atoms with Gasteiger partial charge in [0, 0.05) is 21.4 Å².